The Morgan fingerprint density at radius 1 is 1.10 bits per heavy atom. The van der Waals surface area contributed by atoms with Gasteiger partial charge in [0.05, 0.1) is 21.3 Å². The Morgan fingerprint density at radius 2 is 1.55 bits per heavy atom. The fraction of sp³-hybridized carbons (Fsp3) is 0.923. The van der Waals surface area contributed by atoms with E-state index >= 15 is 0 Å². The summed E-state index contributed by atoms with van der Waals surface area (Å²) in [6, 6.07) is 0. The third-order valence-corrected chi connectivity index (χ3v) is 5.70. The van der Waals surface area contributed by atoms with Gasteiger partial charge in [-0.15, -0.1) is 0 Å². The smallest absolute Gasteiger partial charge is 0.748 e. The fourth-order valence-corrected chi connectivity index (χ4v) is 5.04. The van der Waals surface area contributed by atoms with Crippen LogP contribution in [0.1, 0.15) is 38.5 Å². The number of carbonyl (C=O) groups excluding carboxylic acids is 1. The van der Waals surface area contributed by atoms with Crippen LogP contribution in [0.15, 0.2) is 0 Å². The molecule has 0 aromatic carbocycles. The molecule has 4 fully saturated rings. The van der Waals surface area contributed by atoms with Crippen molar-refractivity contribution in [2.45, 2.75) is 38.5 Å². The molecule has 108 valence electrons. The third kappa shape index (κ3) is 3.40. The molecule has 0 amide bonds. The van der Waals surface area contributed by atoms with E-state index in [1.165, 1.54) is 19.3 Å². The summed E-state index contributed by atoms with van der Waals surface area (Å²) in [6.45, 7) is -0.299. The molecule has 4 saturated carbocycles. The van der Waals surface area contributed by atoms with Crippen LogP contribution in [0.5, 0.6) is 0 Å². The van der Waals surface area contributed by atoms with Gasteiger partial charge in [-0.2, -0.15) is 0 Å². The largest absolute Gasteiger partial charge is 1.00 e. The van der Waals surface area contributed by atoms with Crippen LogP contribution >= 0.6 is 0 Å². The maximum atomic E-state index is 12.3. The van der Waals surface area contributed by atoms with Crippen molar-refractivity contribution in [3.63, 3.8) is 0 Å². The second-order valence-corrected chi connectivity index (χ2v) is 8.12. The van der Waals surface area contributed by atoms with Gasteiger partial charge in [-0.05, 0) is 56.3 Å². The van der Waals surface area contributed by atoms with Gasteiger partial charge in [-0.3, -0.25) is 4.79 Å². The van der Waals surface area contributed by atoms with Crippen molar-refractivity contribution in [1.82, 2.24) is 0 Å². The first-order valence-corrected chi connectivity index (χ1v) is 8.55. The van der Waals surface area contributed by atoms with Crippen molar-refractivity contribution in [2.24, 2.45) is 23.2 Å². The molecule has 7 heteroatoms. The van der Waals surface area contributed by atoms with Crippen molar-refractivity contribution in [3.05, 3.63) is 0 Å². The SMILES string of the molecule is O=C(OCCS(=O)(=O)[O-])C12CC3CC(CC(C3)C1)C2.[Na+]. The summed E-state index contributed by atoms with van der Waals surface area (Å²) in [7, 11) is -4.30. The quantitative estimate of drug-likeness (QED) is 0.351. The standard InChI is InChI=1S/C13H20O5S.Na/c14-12(18-1-2-19(15,16)17)13-6-9-3-10(7-13)5-11(4-9)8-13;/h9-11H,1-8H2,(H,15,16,17);/q;+1/p-1. The zero-order valence-electron chi connectivity index (χ0n) is 11.8. The average molecular weight is 310 g/mol. The molecule has 0 spiro atoms. The van der Waals surface area contributed by atoms with Crippen molar-refractivity contribution in [3.8, 4) is 0 Å². The molecule has 0 N–H and O–H groups in total. The monoisotopic (exact) mass is 310 g/mol. The van der Waals surface area contributed by atoms with E-state index in [2.05, 4.69) is 0 Å². The molecule has 4 aliphatic rings. The molecule has 4 aliphatic carbocycles. The van der Waals surface area contributed by atoms with E-state index in [1.807, 2.05) is 0 Å². The van der Waals surface area contributed by atoms with E-state index in [0.717, 1.165) is 19.3 Å². The molecule has 0 aliphatic heterocycles. The zero-order valence-corrected chi connectivity index (χ0v) is 14.7. The molecule has 0 radical (unpaired) electrons. The van der Waals surface area contributed by atoms with Gasteiger partial charge in [-0.1, -0.05) is 0 Å². The van der Waals surface area contributed by atoms with Gasteiger partial charge in [0.1, 0.15) is 6.61 Å². The predicted octanol–water partition coefficient (Wildman–Crippen LogP) is -1.70. The summed E-state index contributed by atoms with van der Waals surface area (Å²) >= 11 is 0. The second kappa shape index (κ2) is 5.88. The number of rotatable bonds is 4. The van der Waals surface area contributed by atoms with E-state index in [1.54, 1.807) is 0 Å². The van der Waals surface area contributed by atoms with Crippen molar-refractivity contribution in [1.29, 1.82) is 0 Å². The van der Waals surface area contributed by atoms with Gasteiger partial charge < -0.3 is 9.29 Å². The molecule has 0 aromatic rings. The first-order chi connectivity index (χ1) is 8.86. The van der Waals surface area contributed by atoms with Gasteiger partial charge in [0, 0.05) is 0 Å². The van der Waals surface area contributed by atoms with Crippen LogP contribution < -0.4 is 29.6 Å². The Balaban J connectivity index is 0.00000147. The molecular weight excluding hydrogens is 291 g/mol. The molecule has 5 nitrogen and oxygen atoms in total. The van der Waals surface area contributed by atoms with Crippen molar-refractivity contribution < 1.29 is 52.1 Å². The minimum absolute atomic E-state index is 0. The molecule has 0 aromatic heterocycles. The molecule has 20 heavy (non-hydrogen) atoms. The van der Waals surface area contributed by atoms with Gasteiger partial charge >= 0.3 is 35.5 Å². The van der Waals surface area contributed by atoms with Gasteiger partial charge in [0.15, 0.2) is 0 Å². The van der Waals surface area contributed by atoms with Crippen LogP contribution in [0.4, 0.5) is 0 Å². The Kier molecular flexibility index (Phi) is 4.92. The summed E-state index contributed by atoms with van der Waals surface area (Å²) < 4.78 is 36.6. The number of hydrogen-bond acceptors (Lipinski definition) is 5. The van der Waals surface area contributed by atoms with E-state index in [4.69, 9.17) is 4.74 Å². The van der Waals surface area contributed by atoms with Crippen LogP contribution in [0.25, 0.3) is 0 Å². The number of ether oxygens (including phenoxy) is 1. The summed E-state index contributed by atoms with van der Waals surface area (Å²) in [6.07, 6.45) is 6.39. The molecular formula is C13H19NaO5S. The minimum Gasteiger partial charge on any atom is -0.748 e. The van der Waals surface area contributed by atoms with E-state index in [9.17, 15) is 17.8 Å². The fourth-order valence-electron chi connectivity index (χ4n) is 4.75. The Labute approximate surface area is 141 Å². The average Bonchev–Trinajstić information content (AvgIpc) is 2.25. The van der Waals surface area contributed by atoms with Crippen LogP contribution in [-0.2, 0) is 19.6 Å². The maximum absolute atomic E-state index is 12.3. The first kappa shape index (κ1) is 16.7. The molecule has 4 rings (SSSR count). The molecule has 4 bridgehead atoms. The summed E-state index contributed by atoms with van der Waals surface area (Å²) in [4.78, 5) is 12.3. The van der Waals surface area contributed by atoms with Crippen LogP contribution in [0.3, 0.4) is 0 Å². The van der Waals surface area contributed by atoms with Crippen molar-refractivity contribution >= 4 is 16.1 Å². The number of carbonyl (C=O) groups is 1. The minimum atomic E-state index is -4.30. The molecule has 0 heterocycles. The maximum Gasteiger partial charge on any atom is 1.00 e. The summed E-state index contributed by atoms with van der Waals surface area (Å²) in [5, 5.41) is 0. The number of hydrogen-bond donors (Lipinski definition) is 0. The summed E-state index contributed by atoms with van der Waals surface area (Å²) in [5.74, 6) is 1.03. The second-order valence-electron chi connectivity index (χ2n) is 6.60. The van der Waals surface area contributed by atoms with Gasteiger partial charge in [0.2, 0.25) is 0 Å². The third-order valence-electron chi connectivity index (χ3n) is 5.04. The van der Waals surface area contributed by atoms with Gasteiger partial charge in [0.25, 0.3) is 0 Å². The Morgan fingerprint density at radius 3 is 1.95 bits per heavy atom. The molecule has 0 atom stereocenters. The van der Waals surface area contributed by atoms with E-state index in [0.29, 0.717) is 17.8 Å². The normalized spacial score (nSPS) is 38.4. The Bertz CT molecular complexity index is 452. The van der Waals surface area contributed by atoms with Crippen LogP contribution in [0, 0.1) is 23.2 Å². The van der Waals surface area contributed by atoms with Crippen LogP contribution in [0.2, 0.25) is 0 Å². The zero-order chi connectivity index (χ0) is 13.7. The molecule has 0 unspecified atom stereocenters. The van der Waals surface area contributed by atoms with Crippen molar-refractivity contribution in [2.75, 3.05) is 12.4 Å². The molecule has 0 saturated heterocycles. The van der Waals surface area contributed by atoms with E-state index < -0.39 is 15.9 Å². The van der Waals surface area contributed by atoms with Gasteiger partial charge in [-0.25, -0.2) is 8.42 Å². The topological polar surface area (TPSA) is 83.5 Å². The van der Waals surface area contributed by atoms with E-state index in [-0.39, 0.29) is 47.5 Å². The summed E-state index contributed by atoms with van der Waals surface area (Å²) in [5.41, 5.74) is -0.374. The predicted molar refractivity (Wildman–Crippen MR) is 66.1 cm³/mol. The first-order valence-electron chi connectivity index (χ1n) is 6.97. The van der Waals surface area contributed by atoms with Crippen LogP contribution in [-0.4, -0.2) is 31.3 Å². The number of esters is 1. The Hall–Kier alpha value is 0.380.